The van der Waals surface area contributed by atoms with Gasteiger partial charge in [0.15, 0.2) is 0 Å². The Kier molecular flexibility index (Phi) is 7.30. The predicted octanol–water partition coefficient (Wildman–Crippen LogP) is 4.18. The van der Waals surface area contributed by atoms with E-state index in [2.05, 4.69) is 21.2 Å². The quantitative estimate of drug-likeness (QED) is 0.511. The third-order valence-corrected chi connectivity index (χ3v) is 4.95. The number of nitrogens with one attached hydrogen (secondary N) is 1. The lowest BCUT2D eigenvalue weighted by molar-refractivity contribution is -0.115. The van der Waals surface area contributed by atoms with Crippen molar-refractivity contribution in [3.8, 4) is 5.75 Å². The maximum atomic E-state index is 12.0. The van der Waals surface area contributed by atoms with Crippen molar-refractivity contribution >= 4 is 62.3 Å². The molecule has 1 aromatic carbocycles. The maximum Gasteiger partial charge on any atom is 0.410 e. The first-order valence-electron chi connectivity index (χ1n) is 8.16. The van der Waals surface area contributed by atoms with Crippen LogP contribution in [-0.2, 0) is 9.53 Å². The van der Waals surface area contributed by atoms with E-state index >= 15 is 0 Å². The summed E-state index contributed by atoms with van der Waals surface area (Å²) in [5, 5.41) is 2.59. The molecule has 0 atom stereocenters. The molecule has 0 bridgehead atoms. The molecule has 0 radical (unpaired) electrons. The zero-order valence-corrected chi connectivity index (χ0v) is 18.7. The highest BCUT2D eigenvalue weighted by Gasteiger charge is 2.23. The molecular weight excluding hydrogens is 452 g/mol. The Morgan fingerprint density at radius 3 is 2.70 bits per heavy atom. The smallest absolute Gasteiger partial charge is 0.410 e. The van der Waals surface area contributed by atoms with Crippen LogP contribution in [0.1, 0.15) is 26.3 Å². The average Bonchev–Trinajstić information content (AvgIpc) is 2.85. The summed E-state index contributed by atoms with van der Waals surface area (Å²) in [6.07, 6.45) is 1.33. The molecule has 2 amide bonds. The van der Waals surface area contributed by atoms with Gasteiger partial charge in [-0.15, -0.1) is 0 Å². The van der Waals surface area contributed by atoms with Crippen LogP contribution in [0.5, 0.6) is 5.75 Å². The molecule has 1 fully saturated rings. The zero-order chi connectivity index (χ0) is 20.2. The van der Waals surface area contributed by atoms with E-state index in [1.54, 1.807) is 19.2 Å². The lowest BCUT2D eigenvalue weighted by Crippen LogP contribution is -2.36. The summed E-state index contributed by atoms with van der Waals surface area (Å²) < 4.78 is 12.4. The van der Waals surface area contributed by atoms with E-state index in [0.717, 1.165) is 10.0 Å². The molecule has 27 heavy (non-hydrogen) atoms. The van der Waals surface area contributed by atoms with Crippen molar-refractivity contribution in [2.45, 2.75) is 26.4 Å². The molecule has 1 saturated heterocycles. The molecular formula is C18H21BrN2O4S2. The van der Waals surface area contributed by atoms with E-state index in [0.29, 0.717) is 21.5 Å². The van der Waals surface area contributed by atoms with Crippen LogP contribution >= 0.6 is 39.9 Å². The molecule has 0 unspecified atom stereocenters. The monoisotopic (exact) mass is 472 g/mol. The van der Waals surface area contributed by atoms with Crippen molar-refractivity contribution in [2.24, 2.45) is 0 Å². The average molecular weight is 473 g/mol. The van der Waals surface area contributed by atoms with Crippen LogP contribution in [0.15, 0.2) is 27.6 Å². The predicted molar refractivity (Wildman–Crippen MR) is 115 cm³/mol. The minimum Gasteiger partial charge on any atom is -0.491 e. The summed E-state index contributed by atoms with van der Waals surface area (Å²) in [6.45, 7) is 6.10. The number of carbonyl (C=O) groups excluding carboxylic acids is 2. The first-order valence-corrected chi connectivity index (χ1v) is 10.2. The van der Waals surface area contributed by atoms with E-state index in [1.165, 1.54) is 16.7 Å². The minimum atomic E-state index is -0.544. The Balaban J connectivity index is 2.03. The second-order valence-electron chi connectivity index (χ2n) is 6.78. The van der Waals surface area contributed by atoms with Crippen LogP contribution in [0.3, 0.4) is 0 Å². The largest absolute Gasteiger partial charge is 0.491 e. The van der Waals surface area contributed by atoms with Gasteiger partial charge < -0.3 is 19.7 Å². The lowest BCUT2D eigenvalue weighted by Gasteiger charge is -2.24. The lowest BCUT2D eigenvalue weighted by atomic mass is 10.2. The van der Waals surface area contributed by atoms with Gasteiger partial charge in [0, 0.05) is 17.1 Å². The van der Waals surface area contributed by atoms with Crippen molar-refractivity contribution in [1.29, 1.82) is 0 Å². The SMILES string of the molecule is CN(CCOc1ccc(Br)cc1C=C1SC(=S)NC1=O)C(=O)OC(C)(C)C. The zero-order valence-electron chi connectivity index (χ0n) is 15.5. The Bertz CT molecular complexity index is 790. The molecule has 0 aliphatic carbocycles. The fraction of sp³-hybridized carbons (Fsp3) is 0.389. The van der Waals surface area contributed by atoms with Gasteiger partial charge in [0.1, 0.15) is 22.3 Å². The highest BCUT2D eigenvalue weighted by Crippen LogP contribution is 2.31. The van der Waals surface area contributed by atoms with Crippen molar-refractivity contribution in [3.63, 3.8) is 0 Å². The summed E-state index contributed by atoms with van der Waals surface area (Å²) in [5.74, 6) is 0.384. The highest BCUT2D eigenvalue weighted by molar-refractivity contribution is 9.10. The number of carbonyl (C=O) groups is 2. The second-order valence-corrected chi connectivity index (χ2v) is 9.42. The van der Waals surface area contributed by atoms with Crippen molar-refractivity contribution < 1.29 is 19.1 Å². The molecule has 1 aromatic rings. The van der Waals surface area contributed by atoms with Gasteiger partial charge in [-0.2, -0.15) is 0 Å². The van der Waals surface area contributed by atoms with Crippen molar-refractivity contribution in [2.75, 3.05) is 20.2 Å². The van der Waals surface area contributed by atoms with Crippen molar-refractivity contribution in [3.05, 3.63) is 33.1 Å². The second kappa shape index (κ2) is 9.07. The Labute approximate surface area is 176 Å². The van der Waals surface area contributed by atoms with Crippen LogP contribution in [0.4, 0.5) is 4.79 Å². The molecule has 0 saturated carbocycles. The molecule has 1 aliphatic rings. The van der Waals surface area contributed by atoms with Gasteiger partial charge in [0.2, 0.25) is 0 Å². The third kappa shape index (κ3) is 6.82. The van der Waals surface area contributed by atoms with E-state index in [-0.39, 0.29) is 12.5 Å². The summed E-state index contributed by atoms with van der Waals surface area (Å²) in [5.41, 5.74) is 0.198. The Morgan fingerprint density at radius 1 is 1.41 bits per heavy atom. The summed E-state index contributed by atoms with van der Waals surface area (Å²) in [4.78, 5) is 25.8. The van der Waals surface area contributed by atoms with Gasteiger partial charge in [-0.1, -0.05) is 39.9 Å². The molecule has 1 aliphatic heterocycles. The van der Waals surface area contributed by atoms with E-state index in [4.69, 9.17) is 21.7 Å². The van der Waals surface area contributed by atoms with E-state index < -0.39 is 11.7 Å². The Morgan fingerprint density at radius 2 is 2.11 bits per heavy atom. The van der Waals surface area contributed by atoms with Crippen LogP contribution in [-0.4, -0.2) is 47.0 Å². The molecule has 9 heteroatoms. The number of likely N-dealkylation sites (N-methyl/N-ethyl adjacent to an activating group) is 1. The van der Waals surface area contributed by atoms with Crippen LogP contribution in [0.2, 0.25) is 0 Å². The minimum absolute atomic E-state index is 0.222. The number of halogens is 1. The normalized spacial score (nSPS) is 15.7. The van der Waals surface area contributed by atoms with Crippen molar-refractivity contribution in [1.82, 2.24) is 10.2 Å². The molecule has 6 nitrogen and oxygen atoms in total. The van der Waals surface area contributed by atoms with E-state index in [9.17, 15) is 9.59 Å². The number of ether oxygens (including phenoxy) is 2. The number of benzene rings is 1. The van der Waals surface area contributed by atoms with Gasteiger partial charge in [0.05, 0.1) is 11.4 Å². The van der Waals surface area contributed by atoms with E-state index in [1.807, 2.05) is 32.9 Å². The van der Waals surface area contributed by atoms with Crippen LogP contribution < -0.4 is 10.1 Å². The highest BCUT2D eigenvalue weighted by atomic mass is 79.9. The first-order chi connectivity index (χ1) is 12.5. The van der Waals surface area contributed by atoms with Gasteiger partial charge in [-0.25, -0.2) is 4.79 Å². The molecule has 1 N–H and O–H groups in total. The number of hydrogen-bond acceptors (Lipinski definition) is 6. The van der Waals surface area contributed by atoms with Crippen LogP contribution in [0.25, 0.3) is 6.08 Å². The number of thiocarbonyl (C=S) groups is 1. The van der Waals surface area contributed by atoms with Crippen LogP contribution in [0, 0.1) is 0 Å². The number of hydrogen-bond donors (Lipinski definition) is 1. The Hall–Kier alpha value is -1.58. The van der Waals surface area contributed by atoms with Gasteiger partial charge in [-0.05, 0) is 45.0 Å². The summed E-state index contributed by atoms with van der Waals surface area (Å²) in [7, 11) is 1.66. The maximum absolute atomic E-state index is 12.0. The molecule has 1 heterocycles. The summed E-state index contributed by atoms with van der Waals surface area (Å²) in [6, 6.07) is 5.51. The first kappa shape index (κ1) is 21.7. The number of amides is 2. The fourth-order valence-electron chi connectivity index (χ4n) is 2.05. The van der Waals surface area contributed by atoms with Gasteiger partial charge in [0.25, 0.3) is 5.91 Å². The third-order valence-electron chi connectivity index (χ3n) is 3.29. The topological polar surface area (TPSA) is 67.9 Å². The molecule has 2 rings (SSSR count). The number of nitrogens with zero attached hydrogens (tertiary/aromatic N) is 1. The standard InChI is InChI=1S/C18H21BrN2O4S2/c1-18(2,3)25-17(23)21(4)7-8-24-13-6-5-12(19)9-11(13)10-14-15(22)20-16(26)27-14/h5-6,9-10H,7-8H2,1-4H3,(H,20,22,26). The number of rotatable bonds is 5. The molecule has 146 valence electrons. The molecule has 0 spiro atoms. The molecule has 0 aromatic heterocycles. The van der Waals surface area contributed by atoms with Gasteiger partial charge >= 0.3 is 6.09 Å². The van der Waals surface area contributed by atoms with Gasteiger partial charge in [-0.3, -0.25) is 4.79 Å². The number of thioether (sulfide) groups is 1. The summed E-state index contributed by atoms with van der Waals surface area (Å²) >= 11 is 9.65. The fourth-order valence-corrected chi connectivity index (χ4v) is 3.46.